The fourth-order valence-electron chi connectivity index (χ4n) is 3.44. The average Bonchev–Trinajstić information content (AvgIpc) is 2.36. The van der Waals surface area contributed by atoms with E-state index in [0.717, 1.165) is 31.2 Å². The molecule has 1 fully saturated rings. The SMILES string of the molecule is O=C(O)C1c2cccc(O)c2NC2CCCCC21. The van der Waals surface area contributed by atoms with Crippen LogP contribution in [0, 0.1) is 5.92 Å². The summed E-state index contributed by atoms with van der Waals surface area (Å²) in [5.41, 5.74) is 1.35. The van der Waals surface area contributed by atoms with Gasteiger partial charge < -0.3 is 15.5 Å². The van der Waals surface area contributed by atoms with Crippen LogP contribution in [0.3, 0.4) is 0 Å². The van der Waals surface area contributed by atoms with Crippen molar-refractivity contribution in [2.45, 2.75) is 37.6 Å². The summed E-state index contributed by atoms with van der Waals surface area (Å²) < 4.78 is 0. The number of aromatic hydroxyl groups is 1. The Bertz CT molecular complexity index is 486. The number of anilines is 1. The van der Waals surface area contributed by atoms with Gasteiger partial charge in [-0.3, -0.25) is 4.79 Å². The Morgan fingerprint density at radius 1 is 1.28 bits per heavy atom. The van der Waals surface area contributed by atoms with Gasteiger partial charge in [0.05, 0.1) is 11.6 Å². The molecule has 1 saturated carbocycles. The number of phenolic OH excluding ortho intramolecular Hbond substituents is 1. The van der Waals surface area contributed by atoms with Crippen LogP contribution in [0.4, 0.5) is 5.69 Å². The van der Waals surface area contributed by atoms with Crippen molar-refractivity contribution < 1.29 is 15.0 Å². The highest BCUT2D eigenvalue weighted by atomic mass is 16.4. The molecule has 3 rings (SSSR count). The van der Waals surface area contributed by atoms with Gasteiger partial charge in [-0.25, -0.2) is 0 Å². The van der Waals surface area contributed by atoms with Crippen molar-refractivity contribution in [3.05, 3.63) is 23.8 Å². The van der Waals surface area contributed by atoms with Gasteiger partial charge in [-0.2, -0.15) is 0 Å². The largest absolute Gasteiger partial charge is 0.506 e. The predicted molar refractivity (Wildman–Crippen MR) is 67.9 cm³/mol. The molecule has 0 bridgehead atoms. The number of aliphatic carboxylic acids is 1. The van der Waals surface area contributed by atoms with Crippen LogP contribution in [-0.4, -0.2) is 22.2 Å². The molecule has 4 heteroatoms. The molecule has 1 aromatic rings. The van der Waals surface area contributed by atoms with E-state index in [-0.39, 0.29) is 17.7 Å². The molecule has 3 atom stereocenters. The molecule has 3 N–H and O–H groups in total. The number of carboxylic acid groups (broad SMARTS) is 1. The molecule has 0 amide bonds. The van der Waals surface area contributed by atoms with Crippen LogP contribution in [0.2, 0.25) is 0 Å². The number of hydrogen-bond donors (Lipinski definition) is 3. The molecule has 18 heavy (non-hydrogen) atoms. The molecular formula is C14H17NO3. The van der Waals surface area contributed by atoms with E-state index < -0.39 is 11.9 Å². The van der Waals surface area contributed by atoms with Crippen LogP contribution in [0.1, 0.15) is 37.2 Å². The van der Waals surface area contributed by atoms with Crippen LogP contribution < -0.4 is 5.32 Å². The summed E-state index contributed by atoms with van der Waals surface area (Å²) >= 11 is 0. The smallest absolute Gasteiger partial charge is 0.311 e. The maximum atomic E-state index is 11.6. The van der Waals surface area contributed by atoms with Gasteiger partial charge in [0, 0.05) is 6.04 Å². The molecule has 96 valence electrons. The second-order valence-electron chi connectivity index (χ2n) is 5.26. The quantitative estimate of drug-likeness (QED) is 0.667. The lowest BCUT2D eigenvalue weighted by molar-refractivity contribution is -0.140. The number of fused-ring (bicyclic) bond motifs is 2. The van der Waals surface area contributed by atoms with Crippen LogP contribution in [-0.2, 0) is 4.79 Å². The van der Waals surface area contributed by atoms with Crippen molar-refractivity contribution >= 4 is 11.7 Å². The van der Waals surface area contributed by atoms with Gasteiger partial charge in [0.1, 0.15) is 5.75 Å². The average molecular weight is 247 g/mol. The first kappa shape index (κ1) is 11.4. The zero-order chi connectivity index (χ0) is 12.7. The Morgan fingerprint density at radius 2 is 2.06 bits per heavy atom. The fourth-order valence-corrected chi connectivity index (χ4v) is 3.44. The van der Waals surface area contributed by atoms with Gasteiger partial charge in [-0.05, 0) is 30.4 Å². The molecule has 0 radical (unpaired) electrons. The number of rotatable bonds is 1. The standard InChI is InChI=1S/C14H17NO3/c16-11-7-3-5-9-12(14(17)18)8-4-1-2-6-10(8)15-13(9)11/h3,5,7-8,10,12,15-16H,1-2,4,6H2,(H,17,18). The van der Waals surface area contributed by atoms with Gasteiger partial charge in [0.25, 0.3) is 0 Å². The van der Waals surface area contributed by atoms with Crippen LogP contribution in [0.5, 0.6) is 5.75 Å². The molecule has 1 aliphatic heterocycles. The van der Waals surface area contributed by atoms with E-state index in [2.05, 4.69) is 5.32 Å². The van der Waals surface area contributed by atoms with E-state index in [4.69, 9.17) is 0 Å². The van der Waals surface area contributed by atoms with Crippen LogP contribution >= 0.6 is 0 Å². The Labute approximate surface area is 106 Å². The number of carboxylic acids is 1. The minimum atomic E-state index is -0.778. The molecule has 0 aromatic heterocycles. The van der Waals surface area contributed by atoms with Gasteiger partial charge in [0.2, 0.25) is 0 Å². The van der Waals surface area contributed by atoms with Crippen LogP contribution in [0.15, 0.2) is 18.2 Å². The number of nitrogens with one attached hydrogen (secondary N) is 1. The second kappa shape index (κ2) is 4.19. The molecule has 1 aromatic carbocycles. The summed E-state index contributed by atoms with van der Waals surface area (Å²) in [7, 11) is 0. The van der Waals surface area contributed by atoms with Crippen molar-refractivity contribution in [3.8, 4) is 5.75 Å². The summed E-state index contributed by atoms with van der Waals surface area (Å²) in [5.74, 6) is -0.966. The summed E-state index contributed by atoms with van der Waals surface area (Å²) in [5, 5.41) is 22.7. The monoisotopic (exact) mass is 247 g/mol. The number of benzene rings is 1. The molecule has 3 unspecified atom stereocenters. The van der Waals surface area contributed by atoms with Crippen molar-refractivity contribution in [2.24, 2.45) is 5.92 Å². The first-order chi connectivity index (χ1) is 8.68. The number of para-hydroxylation sites is 1. The lowest BCUT2D eigenvalue weighted by Gasteiger charge is -2.41. The number of phenols is 1. The molecular weight excluding hydrogens is 230 g/mol. The van der Waals surface area contributed by atoms with Crippen molar-refractivity contribution in [3.63, 3.8) is 0 Å². The lowest BCUT2D eigenvalue weighted by atomic mass is 9.71. The van der Waals surface area contributed by atoms with Gasteiger partial charge in [-0.1, -0.05) is 25.0 Å². The van der Waals surface area contributed by atoms with Crippen molar-refractivity contribution in [1.82, 2.24) is 0 Å². The zero-order valence-electron chi connectivity index (χ0n) is 10.1. The summed E-state index contributed by atoms with van der Waals surface area (Å²) in [6.07, 6.45) is 4.16. The van der Waals surface area contributed by atoms with Crippen LogP contribution in [0.25, 0.3) is 0 Å². The predicted octanol–water partition coefficient (Wildman–Crippen LogP) is 2.54. The first-order valence-electron chi connectivity index (χ1n) is 6.49. The third-order valence-electron chi connectivity index (χ3n) is 4.25. The molecule has 1 aliphatic carbocycles. The Hall–Kier alpha value is -1.71. The third kappa shape index (κ3) is 1.64. The normalized spacial score (nSPS) is 29.9. The molecule has 1 heterocycles. The van der Waals surface area contributed by atoms with Gasteiger partial charge >= 0.3 is 5.97 Å². The Kier molecular flexibility index (Phi) is 2.65. The van der Waals surface area contributed by atoms with Crippen molar-refractivity contribution in [2.75, 3.05) is 5.32 Å². The molecule has 2 aliphatic rings. The van der Waals surface area contributed by atoms with E-state index in [1.54, 1.807) is 12.1 Å². The molecule has 0 spiro atoms. The highest BCUT2D eigenvalue weighted by Gasteiger charge is 2.42. The fraction of sp³-hybridized carbons (Fsp3) is 0.500. The topological polar surface area (TPSA) is 69.6 Å². The first-order valence-corrected chi connectivity index (χ1v) is 6.49. The Morgan fingerprint density at radius 3 is 2.83 bits per heavy atom. The van der Waals surface area contributed by atoms with E-state index >= 15 is 0 Å². The zero-order valence-corrected chi connectivity index (χ0v) is 10.1. The summed E-state index contributed by atoms with van der Waals surface area (Å²) in [6, 6.07) is 5.31. The minimum absolute atomic E-state index is 0.144. The van der Waals surface area contributed by atoms with E-state index in [1.165, 1.54) is 0 Å². The minimum Gasteiger partial charge on any atom is -0.506 e. The van der Waals surface area contributed by atoms with E-state index in [0.29, 0.717) is 5.69 Å². The highest BCUT2D eigenvalue weighted by Crippen LogP contribution is 2.47. The maximum Gasteiger partial charge on any atom is 0.311 e. The number of carbonyl (C=O) groups is 1. The maximum absolute atomic E-state index is 11.6. The summed E-state index contributed by atoms with van der Waals surface area (Å²) in [6.45, 7) is 0. The van der Waals surface area contributed by atoms with E-state index in [9.17, 15) is 15.0 Å². The summed E-state index contributed by atoms with van der Waals surface area (Å²) in [4.78, 5) is 11.6. The molecule has 0 saturated heterocycles. The lowest BCUT2D eigenvalue weighted by Crippen LogP contribution is -2.42. The second-order valence-corrected chi connectivity index (χ2v) is 5.26. The Balaban J connectivity index is 2.10. The van der Waals surface area contributed by atoms with Gasteiger partial charge in [-0.15, -0.1) is 0 Å². The van der Waals surface area contributed by atoms with Crippen molar-refractivity contribution in [1.29, 1.82) is 0 Å². The third-order valence-corrected chi connectivity index (χ3v) is 4.25. The number of hydrogen-bond acceptors (Lipinski definition) is 3. The van der Waals surface area contributed by atoms with E-state index in [1.807, 2.05) is 6.07 Å². The van der Waals surface area contributed by atoms with Gasteiger partial charge in [0.15, 0.2) is 0 Å². The highest BCUT2D eigenvalue weighted by molar-refractivity contribution is 5.82. The molecule has 4 nitrogen and oxygen atoms in total.